The lowest BCUT2D eigenvalue weighted by atomic mass is 9.86. The van der Waals surface area contributed by atoms with Crippen LogP contribution in [0.5, 0.6) is 0 Å². The molecule has 17 heavy (non-hydrogen) atoms. The molecule has 1 aromatic carbocycles. The molecule has 1 atom stereocenters. The van der Waals surface area contributed by atoms with Crippen molar-refractivity contribution >= 4 is 15.9 Å². The molecule has 3 heteroatoms. The average molecular weight is 301 g/mol. The first kappa shape index (κ1) is 13.0. The molecule has 0 aliphatic heterocycles. The number of benzene rings is 1. The minimum Gasteiger partial charge on any atom is -0.390 e. The van der Waals surface area contributed by atoms with Gasteiger partial charge in [-0.3, -0.25) is 0 Å². The quantitative estimate of drug-likeness (QED) is 0.873. The summed E-state index contributed by atoms with van der Waals surface area (Å²) < 4.78 is 14.5. The molecule has 0 saturated heterocycles. The molecule has 1 unspecified atom stereocenters. The third-order valence-corrected chi connectivity index (χ3v) is 4.10. The van der Waals surface area contributed by atoms with E-state index >= 15 is 0 Å². The third-order valence-electron chi connectivity index (χ3n) is 3.61. The highest BCUT2D eigenvalue weighted by Crippen LogP contribution is 2.45. The van der Waals surface area contributed by atoms with E-state index in [0.29, 0.717) is 12.0 Å². The van der Waals surface area contributed by atoms with E-state index in [1.807, 2.05) is 6.07 Å². The van der Waals surface area contributed by atoms with Gasteiger partial charge >= 0.3 is 0 Å². The van der Waals surface area contributed by atoms with Gasteiger partial charge < -0.3 is 5.11 Å². The average Bonchev–Trinajstić information content (AvgIpc) is 2.46. The zero-order valence-corrected chi connectivity index (χ0v) is 11.8. The summed E-state index contributed by atoms with van der Waals surface area (Å²) >= 11 is 3.24. The van der Waals surface area contributed by atoms with Crippen molar-refractivity contribution in [2.24, 2.45) is 5.41 Å². The van der Waals surface area contributed by atoms with Gasteiger partial charge in [0.25, 0.3) is 0 Å². The molecule has 1 fully saturated rings. The summed E-state index contributed by atoms with van der Waals surface area (Å²) in [5.41, 5.74) is 0.0343. The monoisotopic (exact) mass is 300 g/mol. The highest BCUT2D eigenvalue weighted by atomic mass is 79.9. The lowest BCUT2D eigenvalue weighted by Gasteiger charge is -2.25. The maximum atomic E-state index is 13.7. The van der Waals surface area contributed by atoms with Crippen molar-refractivity contribution in [1.29, 1.82) is 0 Å². The molecule has 1 nitrogen and oxygen atoms in total. The molecular formula is C14H18BrFO. The minimum absolute atomic E-state index is 0.167. The van der Waals surface area contributed by atoms with E-state index in [1.165, 1.54) is 6.07 Å². The Labute approximate surface area is 110 Å². The van der Waals surface area contributed by atoms with Crippen LogP contribution in [0.1, 0.15) is 38.7 Å². The van der Waals surface area contributed by atoms with Crippen molar-refractivity contribution in [3.05, 3.63) is 34.1 Å². The van der Waals surface area contributed by atoms with E-state index in [0.717, 1.165) is 23.7 Å². The summed E-state index contributed by atoms with van der Waals surface area (Å²) in [6.45, 7) is 4.31. The van der Waals surface area contributed by atoms with E-state index in [1.54, 1.807) is 6.07 Å². The highest BCUT2D eigenvalue weighted by Gasteiger charge is 2.41. The predicted octanol–water partition coefficient (Wildman–Crippen LogP) is 4.07. The van der Waals surface area contributed by atoms with Crippen LogP contribution in [0.25, 0.3) is 0 Å². The second-order valence-corrected chi connectivity index (χ2v) is 6.89. The largest absolute Gasteiger partial charge is 0.390 e. The van der Waals surface area contributed by atoms with Crippen LogP contribution in [-0.2, 0) is 6.42 Å². The van der Waals surface area contributed by atoms with Gasteiger partial charge in [-0.25, -0.2) is 4.39 Å². The Bertz CT molecular complexity index is 430. The van der Waals surface area contributed by atoms with E-state index in [-0.39, 0.29) is 11.2 Å². The van der Waals surface area contributed by atoms with Crippen LogP contribution < -0.4 is 0 Å². The molecule has 2 rings (SSSR count). The predicted molar refractivity (Wildman–Crippen MR) is 70.4 cm³/mol. The van der Waals surface area contributed by atoms with Crippen molar-refractivity contribution in [2.75, 3.05) is 0 Å². The summed E-state index contributed by atoms with van der Waals surface area (Å²) in [5, 5.41) is 10.5. The number of aliphatic hydroxyl groups is 1. The zero-order valence-electron chi connectivity index (χ0n) is 10.3. The molecule has 0 bridgehead atoms. The van der Waals surface area contributed by atoms with Gasteiger partial charge in [-0.1, -0.05) is 35.8 Å². The van der Waals surface area contributed by atoms with Crippen molar-refractivity contribution in [3.63, 3.8) is 0 Å². The fraction of sp³-hybridized carbons (Fsp3) is 0.571. The maximum Gasteiger partial charge on any atom is 0.127 e. The zero-order chi connectivity index (χ0) is 12.7. The first-order valence-electron chi connectivity index (χ1n) is 5.96. The second-order valence-electron chi connectivity index (χ2n) is 5.98. The molecule has 0 radical (unpaired) electrons. The normalized spacial score (nSPS) is 27.4. The van der Waals surface area contributed by atoms with Crippen molar-refractivity contribution < 1.29 is 9.50 Å². The highest BCUT2D eigenvalue weighted by molar-refractivity contribution is 9.10. The van der Waals surface area contributed by atoms with E-state index < -0.39 is 5.60 Å². The fourth-order valence-electron chi connectivity index (χ4n) is 2.81. The first-order chi connectivity index (χ1) is 7.80. The number of hydrogen-bond donors (Lipinski definition) is 1. The maximum absolute atomic E-state index is 13.7. The smallest absolute Gasteiger partial charge is 0.127 e. The Morgan fingerprint density at radius 2 is 2.06 bits per heavy atom. The van der Waals surface area contributed by atoms with Crippen LogP contribution in [0.15, 0.2) is 22.7 Å². The summed E-state index contributed by atoms with van der Waals surface area (Å²) in [6.07, 6.45) is 2.92. The van der Waals surface area contributed by atoms with Crippen LogP contribution in [0, 0.1) is 11.2 Å². The van der Waals surface area contributed by atoms with Gasteiger partial charge in [0.05, 0.1) is 5.60 Å². The topological polar surface area (TPSA) is 20.2 Å². The van der Waals surface area contributed by atoms with Gasteiger partial charge in [0.1, 0.15) is 5.82 Å². The standard InChI is InChI=1S/C14H18BrFO/c1-13(2)5-6-14(17,9-13)8-10-3-4-11(15)7-12(10)16/h3-4,7,17H,5-6,8-9H2,1-2H3. The van der Waals surface area contributed by atoms with Crippen LogP contribution >= 0.6 is 15.9 Å². The minimum atomic E-state index is -0.738. The fourth-order valence-corrected chi connectivity index (χ4v) is 3.14. The van der Waals surface area contributed by atoms with Crippen LogP contribution in [0.4, 0.5) is 4.39 Å². The van der Waals surface area contributed by atoms with Crippen molar-refractivity contribution in [2.45, 2.75) is 45.1 Å². The van der Waals surface area contributed by atoms with Gasteiger partial charge in [-0.15, -0.1) is 0 Å². The number of hydrogen-bond acceptors (Lipinski definition) is 1. The Hall–Kier alpha value is -0.410. The Balaban J connectivity index is 2.16. The molecule has 94 valence electrons. The summed E-state index contributed by atoms with van der Waals surface area (Å²) in [5.74, 6) is -0.238. The molecule has 0 heterocycles. The van der Waals surface area contributed by atoms with Crippen LogP contribution in [-0.4, -0.2) is 10.7 Å². The van der Waals surface area contributed by atoms with Crippen molar-refractivity contribution in [3.8, 4) is 0 Å². The molecule has 1 N–H and O–H groups in total. The Morgan fingerprint density at radius 1 is 1.35 bits per heavy atom. The van der Waals surface area contributed by atoms with E-state index in [4.69, 9.17) is 0 Å². The number of halogens is 2. The van der Waals surface area contributed by atoms with Gasteiger partial charge in [-0.05, 0) is 42.4 Å². The van der Waals surface area contributed by atoms with Gasteiger partial charge in [0.2, 0.25) is 0 Å². The van der Waals surface area contributed by atoms with Crippen molar-refractivity contribution in [1.82, 2.24) is 0 Å². The summed E-state index contributed by atoms with van der Waals surface area (Å²) in [6, 6.07) is 5.03. The van der Waals surface area contributed by atoms with E-state index in [9.17, 15) is 9.50 Å². The molecule has 0 aromatic heterocycles. The molecule has 1 aliphatic carbocycles. The van der Waals surface area contributed by atoms with Gasteiger partial charge in [-0.2, -0.15) is 0 Å². The second kappa shape index (κ2) is 4.36. The first-order valence-corrected chi connectivity index (χ1v) is 6.75. The van der Waals surface area contributed by atoms with E-state index in [2.05, 4.69) is 29.8 Å². The van der Waals surface area contributed by atoms with Gasteiger partial charge in [0.15, 0.2) is 0 Å². The molecule has 1 aromatic rings. The number of rotatable bonds is 2. The van der Waals surface area contributed by atoms with Gasteiger partial charge in [0, 0.05) is 10.9 Å². The molecule has 0 spiro atoms. The molecule has 1 saturated carbocycles. The lowest BCUT2D eigenvalue weighted by Crippen LogP contribution is -2.29. The molecule has 1 aliphatic rings. The Kier molecular flexibility index (Phi) is 3.34. The molecular weight excluding hydrogens is 283 g/mol. The van der Waals surface area contributed by atoms with Crippen LogP contribution in [0.3, 0.4) is 0 Å². The summed E-state index contributed by atoms with van der Waals surface area (Å²) in [4.78, 5) is 0. The third kappa shape index (κ3) is 3.08. The Morgan fingerprint density at radius 3 is 2.59 bits per heavy atom. The molecule has 0 amide bonds. The van der Waals surface area contributed by atoms with Crippen LogP contribution in [0.2, 0.25) is 0 Å². The SMILES string of the molecule is CC1(C)CCC(O)(Cc2ccc(Br)cc2F)C1. The lowest BCUT2D eigenvalue weighted by molar-refractivity contribution is 0.0371. The summed E-state index contributed by atoms with van der Waals surface area (Å²) in [7, 11) is 0.